The van der Waals surface area contributed by atoms with Gasteiger partial charge in [-0.15, -0.1) is 0 Å². The van der Waals surface area contributed by atoms with Gasteiger partial charge in [0.05, 0.1) is 30.9 Å². The number of amides is 1. The summed E-state index contributed by atoms with van der Waals surface area (Å²) in [5.74, 6) is 0.890. The third-order valence-electron chi connectivity index (χ3n) is 5.16. The van der Waals surface area contributed by atoms with E-state index in [1.807, 2.05) is 13.8 Å². The molecule has 0 aromatic heterocycles. The number of carbonyl (C=O) groups excluding carboxylic acids is 1. The van der Waals surface area contributed by atoms with Gasteiger partial charge in [0.1, 0.15) is 5.75 Å². The monoisotopic (exact) mass is 462 g/mol. The molecule has 1 N–H and O–H groups in total. The molecule has 8 nitrogen and oxygen atoms in total. The summed E-state index contributed by atoms with van der Waals surface area (Å²) < 4.78 is 44.0. The zero-order chi connectivity index (χ0) is 23.3. The Morgan fingerprint density at radius 1 is 0.938 bits per heavy atom. The van der Waals surface area contributed by atoms with Crippen molar-refractivity contribution in [3.05, 3.63) is 42.0 Å². The molecule has 1 aliphatic rings. The summed E-state index contributed by atoms with van der Waals surface area (Å²) in [6, 6.07) is 9.37. The van der Waals surface area contributed by atoms with Crippen LogP contribution >= 0.6 is 0 Å². The highest BCUT2D eigenvalue weighted by molar-refractivity contribution is 7.89. The summed E-state index contributed by atoms with van der Waals surface area (Å²) in [4.78, 5) is 13.1. The van der Waals surface area contributed by atoms with Crippen LogP contribution in [0.4, 0.5) is 5.69 Å². The highest BCUT2D eigenvalue weighted by atomic mass is 32.2. The molecule has 1 saturated heterocycles. The summed E-state index contributed by atoms with van der Waals surface area (Å²) in [5, 5.41) is 2.79. The molecule has 3 rings (SSSR count). The molecule has 1 aliphatic heterocycles. The summed E-state index contributed by atoms with van der Waals surface area (Å²) >= 11 is 0. The Hall–Kier alpha value is -2.78. The third kappa shape index (κ3) is 5.34. The molecule has 1 amide bonds. The van der Waals surface area contributed by atoms with Crippen molar-refractivity contribution in [3.63, 3.8) is 0 Å². The minimum Gasteiger partial charge on any atom is -0.493 e. The van der Waals surface area contributed by atoms with E-state index < -0.39 is 15.9 Å². The number of hydrogen-bond donors (Lipinski definition) is 1. The van der Waals surface area contributed by atoms with E-state index in [1.54, 1.807) is 24.3 Å². The lowest BCUT2D eigenvalue weighted by Crippen LogP contribution is -2.35. The van der Waals surface area contributed by atoms with Gasteiger partial charge in [-0.3, -0.25) is 4.79 Å². The van der Waals surface area contributed by atoms with Crippen LogP contribution in [0.25, 0.3) is 0 Å². The van der Waals surface area contributed by atoms with E-state index in [2.05, 4.69) is 5.32 Å². The van der Waals surface area contributed by atoms with Gasteiger partial charge in [-0.2, -0.15) is 4.31 Å². The maximum atomic E-state index is 13.1. The van der Waals surface area contributed by atoms with E-state index in [4.69, 9.17) is 14.2 Å². The predicted molar refractivity (Wildman–Crippen MR) is 122 cm³/mol. The van der Waals surface area contributed by atoms with Gasteiger partial charge >= 0.3 is 0 Å². The van der Waals surface area contributed by atoms with Gasteiger partial charge in [0, 0.05) is 18.7 Å². The maximum absolute atomic E-state index is 13.1. The average molecular weight is 463 g/mol. The minimum absolute atomic E-state index is 0.123. The van der Waals surface area contributed by atoms with Crippen molar-refractivity contribution >= 4 is 21.6 Å². The van der Waals surface area contributed by atoms with Crippen LogP contribution in [0.1, 0.15) is 43.5 Å². The zero-order valence-electron chi connectivity index (χ0n) is 18.9. The Bertz CT molecular complexity index is 1060. The highest BCUT2D eigenvalue weighted by Crippen LogP contribution is 2.32. The predicted octanol–water partition coefficient (Wildman–Crippen LogP) is 3.92. The van der Waals surface area contributed by atoms with E-state index in [1.165, 1.54) is 30.7 Å². The molecule has 32 heavy (non-hydrogen) atoms. The number of hydrogen-bond acceptors (Lipinski definition) is 6. The van der Waals surface area contributed by atoms with Crippen molar-refractivity contribution in [3.8, 4) is 17.2 Å². The lowest BCUT2D eigenvalue weighted by Gasteiger charge is -2.26. The van der Waals surface area contributed by atoms with Gasteiger partial charge in [0.25, 0.3) is 5.91 Å². The fourth-order valence-corrected chi connectivity index (χ4v) is 5.09. The van der Waals surface area contributed by atoms with Crippen LogP contribution in [-0.4, -0.2) is 52.0 Å². The van der Waals surface area contributed by atoms with E-state index in [0.717, 1.165) is 19.3 Å². The van der Waals surface area contributed by atoms with Crippen molar-refractivity contribution in [1.82, 2.24) is 4.31 Å². The molecule has 0 spiro atoms. The summed E-state index contributed by atoms with van der Waals surface area (Å²) in [7, 11) is -0.656. The quantitative estimate of drug-likeness (QED) is 0.639. The molecule has 9 heteroatoms. The molecule has 0 bridgehead atoms. The topological polar surface area (TPSA) is 94.2 Å². The molecule has 0 atom stereocenters. The third-order valence-corrected chi connectivity index (χ3v) is 7.06. The van der Waals surface area contributed by atoms with Crippen LogP contribution in [0, 0.1) is 0 Å². The van der Waals surface area contributed by atoms with E-state index in [9.17, 15) is 13.2 Å². The van der Waals surface area contributed by atoms with E-state index in [0.29, 0.717) is 35.9 Å². The summed E-state index contributed by atoms with van der Waals surface area (Å²) in [5.41, 5.74) is 0.624. The van der Waals surface area contributed by atoms with E-state index in [-0.39, 0.29) is 16.7 Å². The van der Waals surface area contributed by atoms with Crippen molar-refractivity contribution in [1.29, 1.82) is 0 Å². The first-order chi connectivity index (χ1) is 15.3. The van der Waals surface area contributed by atoms with Crippen LogP contribution in [0.15, 0.2) is 41.3 Å². The Morgan fingerprint density at radius 3 is 2.22 bits per heavy atom. The molecular formula is C23H30N2O6S. The second-order valence-corrected chi connectivity index (χ2v) is 9.75. The fraction of sp³-hybridized carbons (Fsp3) is 0.435. The number of benzene rings is 2. The first kappa shape index (κ1) is 23.9. The summed E-state index contributed by atoms with van der Waals surface area (Å²) in [6.45, 7) is 4.72. The maximum Gasteiger partial charge on any atom is 0.255 e. The first-order valence-corrected chi connectivity index (χ1v) is 12.0. The highest BCUT2D eigenvalue weighted by Gasteiger charge is 2.27. The normalized spacial score (nSPS) is 14.8. The SMILES string of the molecule is COc1ccc(C(=O)Nc2cc(S(=O)(=O)N3CCCCC3)ccc2OC(C)C)cc1OC. The number of anilines is 1. The molecule has 1 fully saturated rings. The number of nitrogens with zero attached hydrogens (tertiary/aromatic N) is 1. The van der Waals surface area contributed by atoms with Gasteiger partial charge < -0.3 is 19.5 Å². The average Bonchev–Trinajstić information content (AvgIpc) is 2.79. The smallest absolute Gasteiger partial charge is 0.255 e. The molecule has 0 unspecified atom stereocenters. The molecule has 0 radical (unpaired) electrons. The van der Waals surface area contributed by atoms with Gasteiger partial charge in [-0.05, 0) is 63.1 Å². The molecule has 2 aromatic rings. The minimum atomic E-state index is -3.66. The van der Waals surface area contributed by atoms with Crippen LogP contribution in [0.5, 0.6) is 17.2 Å². The Kier molecular flexibility index (Phi) is 7.63. The molecule has 2 aromatic carbocycles. The largest absolute Gasteiger partial charge is 0.493 e. The van der Waals surface area contributed by atoms with Crippen molar-refractivity contribution < 1.29 is 27.4 Å². The van der Waals surface area contributed by atoms with Crippen LogP contribution in [-0.2, 0) is 10.0 Å². The standard InChI is InChI=1S/C23H30N2O6S/c1-16(2)31-20-11-9-18(32(27,28)25-12-6-5-7-13-25)15-19(20)24-23(26)17-8-10-21(29-3)22(14-17)30-4/h8-11,14-16H,5-7,12-13H2,1-4H3,(H,24,26). The second-order valence-electron chi connectivity index (χ2n) is 7.81. The Balaban J connectivity index is 1.94. The molecule has 0 aliphatic carbocycles. The fourth-order valence-electron chi connectivity index (χ4n) is 3.55. The van der Waals surface area contributed by atoms with Gasteiger partial charge in [-0.1, -0.05) is 6.42 Å². The number of ether oxygens (including phenoxy) is 3. The molecule has 1 heterocycles. The lowest BCUT2D eigenvalue weighted by molar-refractivity contribution is 0.102. The number of piperidine rings is 1. The Morgan fingerprint density at radius 2 is 1.59 bits per heavy atom. The number of nitrogens with one attached hydrogen (secondary N) is 1. The molecule has 0 saturated carbocycles. The van der Waals surface area contributed by atoms with Gasteiger partial charge in [0.2, 0.25) is 10.0 Å². The number of rotatable bonds is 8. The number of sulfonamides is 1. The van der Waals surface area contributed by atoms with Gasteiger partial charge in [-0.25, -0.2) is 8.42 Å². The first-order valence-electron chi connectivity index (χ1n) is 10.6. The van der Waals surface area contributed by atoms with Crippen molar-refractivity contribution in [2.75, 3.05) is 32.6 Å². The second kappa shape index (κ2) is 10.2. The number of carbonyl (C=O) groups is 1. The van der Waals surface area contributed by atoms with Crippen molar-refractivity contribution in [2.45, 2.75) is 44.1 Å². The van der Waals surface area contributed by atoms with Crippen LogP contribution in [0.2, 0.25) is 0 Å². The lowest BCUT2D eigenvalue weighted by atomic mass is 10.1. The molecular weight excluding hydrogens is 432 g/mol. The van der Waals surface area contributed by atoms with Crippen molar-refractivity contribution in [2.24, 2.45) is 0 Å². The van der Waals surface area contributed by atoms with Gasteiger partial charge in [0.15, 0.2) is 11.5 Å². The Labute approximate surface area is 189 Å². The van der Waals surface area contributed by atoms with E-state index >= 15 is 0 Å². The van der Waals surface area contributed by atoms with Crippen LogP contribution in [0.3, 0.4) is 0 Å². The zero-order valence-corrected chi connectivity index (χ0v) is 19.7. The number of methoxy groups -OCH3 is 2. The molecule has 174 valence electrons. The summed E-state index contributed by atoms with van der Waals surface area (Å²) in [6.07, 6.45) is 2.56. The van der Waals surface area contributed by atoms with Crippen LogP contribution < -0.4 is 19.5 Å².